The SMILES string of the molecule is Cc1cccc(NC(=O)N2CCC(Cc3nncn3CC3CC3)CC2)c1. The van der Waals surface area contributed by atoms with Crippen molar-refractivity contribution in [3.63, 3.8) is 0 Å². The molecule has 1 saturated heterocycles. The molecule has 1 saturated carbocycles. The van der Waals surface area contributed by atoms with Crippen molar-refractivity contribution in [2.75, 3.05) is 18.4 Å². The average molecular weight is 353 g/mol. The van der Waals surface area contributed by atoms with Gasteiger partial charge in [-0.25, -0.2) is 4.79 Å². The van der Waals surface area contributed by atoms with E-state index in [0.717, 1.165) is 61.9 Å². The lowest BCUT2D eigenvalue weighted by atomic mass is 9.93. The summed E-state index contributed by atoms with van der Waals surface area (Å²) in [6.45, 7) is 4.71. The van der Waals surface area contributed by atoms with Crippen molar-refractivity contribution >= 4 is 11.7 Å². The largest absolute Gasteiger partial charge is 0.325 e. The summed E-state index contributed by atoms with van der Waals surface area (Å²) in [6, 6.07) is 7.94. The van der Waals surface area contributed by atoms with E-state index in [1.54, 1.807) is 0 Å². The first kappa shape index (κ1) is 17.1. The van der Waals surface area contributed by atoms with Crippen LogP contribution >= 0.6 is 0 Å². The normalized spacial score (nSPS) is 18.1. The van der Waals surface area contributed by atoms with Gasteiger partial charge in [-0.3, -0.25) is 0 Å². The van der Waals surface area contributed by atoms with Gasteiger partial charge in [-0.1, -0.05) is 12.1 Å². The zero-order valence-electron chi connectivity index (χ0n) is 15.4. The van der Waals surface area contributed by atoms with Crippen LogP contribution in [0.15, 0.2) is 30.6 Å². The maximum atomic E-state index is 12.5. The molecular formula is C20H27N5O. The number of amides is 2. The Labute approximate surface area is 154 Å². The van der Waals surface area contributed by atoms with E-state index in [1.165, 1.54) is 12.8 Å². The molecule has 1 N–H and O–H groups in total. The number of anilines is 1. The number of nitrogens with zero attached hydrogens (tertiary/aromatic N) is 4. The highest BCUT2D eigenvalue weighted by atomic mass is 16.2. The lowest BCUT2D eigenvalue weighted by Gasteiger charge is -2.32. The predicted octanol–water partition coefficient (Wildman–Crippen LogP) is 3.48. The van der Waals surface area contributed by atoms with Gasteiger partial charge in [0.2, 0.25) is 0 Å². The fourth-order valence-corrected chi connectivity index (χ4v) is 3.69. The number of hydrogen-bond acceptors (Lipinski definition) is 3. The van der Waals surface area contributed by atoms with Crippen LogP contribution in [0.3, 0.4) is 0 Å². The molecule has 1 aliphatic heterocycles. The highest BCUT2D eigenvalue weighted by Gasteiger charge is 2.26. The number of carbonyl (C=O) groups is 1. The van der Waals surface area contributed by atoms with Crippen LogP contribution < -0.4 is 5.32 Å². The van der Waals surface area contributed by atoms with Crippen LogP contribution in [0.2, 0.25) is 0 Å². The van der Waals surface area contributed by atoms with Gasteiger partial charge in [0.1, 0.15) is 12.2 Å². The highest BCUT2D eigenvalue weighted by Crippen LogP contribution is 2.31. The Morgan fingerprint density at radius 1 is 1.19 bits per heavy atom. The van der Waals surface area contributed by atoms with E-state index in [9.17, 15) is 4.79 Å². The quantitative estimate of drug-likeness (QED) is 0.895. The van der Waals surface area contributed by atoms with Crippen molar-refractivity contribution in [3.05, 3.63) is 42.0 Å². The molecule has 6 nitrogen and oxygen atoms in total. The summed E-state index contributed by atoms with van der Waals surface area (Å²) in [5.74, 6) is 2.52. The lowest BCUT2D eigenvalue weighted by Crippen LogP contribution is -2.41. The third kappa shape index (κ3) is 4.23. The summed E-state index contributed by atoms with van der Waals surface area (Å²) in [7, 11) is 0. The molecule has 2 fully saturated rings. The lowest BCUT2D eigenvalue weighted by molar-refractivity contribution is 0.181. The number of piperidine rings is 1. The minimum atomic E-state index is 0.00551. The highest BCUT2D eigenvalue weighted by molar-refractivity contribution is 5.89. The summed E-state index contributed by atoms with van der Waals surface area (Å²) in [5.41, 5.74) is 2.02. The molecule has 26 heavy (non-hydrogen) atoms. The van der Waals surface area contributed by atoms with Crippen LogP contribution in [0.4, 0.5) is 10.5 Å². The summed E-state index contributed by atoms with van der Waals surface area (Å²) in [5, 5.41) is 11.4. The first-order valence-corrected chi connectivity index (χ1v) is 9.66. The van der Waals surface area contributed by atoms with Crippen molar-refractivity contribution in [3.8, 4) is 0 Å². The molecule has 2 aromatic rings. The number of nitrogens with one attached hydrogen (secondary N) is 1. The summed E-state index contributed by atoms with van der Waals surface area (Å²) in [4.78, 5) is 14.4. The van der Waals surface area contributed by atoms with Crippen LogP contribution in [0.25, 0.3) is 0 Å². The molecule has 0 radical (unpaired) electrons. The van der Waals surface area contributed by atoms with Gasteiger partial charge in [-0.15, -0.1) is 10.2 Å². The molecule has 0 unspecified atom stereocenters. The second kappa shape index (κ2) is 7.48. The second-order valence-electron chi connectivity index (χ2n) is 7.78. The van der Waals surface area contributed by atoms with Crippen LogP contribution in [0.1, 0.15) is 37.1 Å². The number of rotatable bonds is 5. The molecule has 0 spiro atoms. The second-order valence-corrected chi connectivity index (χ2v) is 7.78. The average Bonchev–Trinajstić information content (AvgIpc) is 3.35. The zero-order valence-corrected chi connectivity index (χ0v) is 15.4. The van der Waals surface area contributed by atoms with Gasteiger partial charge in [0.05, 0.1) is 0 Å². The van der Waals surface area contributed by atoms with Gasteiger partial charge in [0.25, 0.3) is 0 Å². The monoisotopic (exact) mass is 353 g/mol. The van der Waals surface area contributed by atoms with E-state index in [2.05, 4.69) is 20.1 Å². The fraction of sp³-hybridized carbons (Fsp3) is 0.550. The fourth-order valence-electron chi connectivity index (χ4n) is 3.69. The topological polar surface area (TPSA) is 63.1 Å². The van der Waals surface area contributed by atoms with Crippen molar-refractivity contribution in [2.24, 2.45) is 11.8 Å². The van der Waals surface area contributed by atoms with E-state index in [-0.39, 0.29) is 6.03 Å². The standard InChI is InChI=1S/C20H27N5O/c1-15-3-2-4-18(11-15)22-20(26)24-9-7-16(8-10-24)12-19-23-21-14-25(19)13-17-5-6-17/h2-4,11,14,16-17H,5-10,12-13H2,1H3,(H,22,26). The number of hydrogen-bond donors (Lipinski definition) is 1. The number of likely N-dealkylation sites (tertiary alicyclic amines) is 1. The van der Waals surface area contributed by atoms with Crippen molar-refractivity contribution < 1.29 is 4.79 Å². The number of benzene rings is 1. The van der Waals surface area contributed by atoms with Gasteiger partial charge < -0.3 is 14.8 Å². The van der Waals surface area contributed by atoms with Gasteiger partial charge in [-0.05, 0) is 62.1 Å². The number of aryl methyl sites for hydroxylation is 1. The van der Waals surface area contributed by atoms with Crippen LogP contribution in [-0.4, -0.2) is 38.8 Å². The maximum Gasteiger partial charge on any atom is 0.321 e. The van der Waals surface area contributed by atoms with Crippen LogP contribution in [0, 0.1) is 18.8 Å². The molecule has 138 valence electrons. The van der Waals surface area contributed by atoms with Gasteiger partial charge in [0, 0.05) is 31.7 Å². The predicted molar refractivity (Wildman–Crippen MR) is 101 cm³/mol. The molecule has 1 aliphatic carbocycles. The molecule has 1 aromatic carbocycles. The summed E-state index contributed by atoms with van der Waals surface area (Å²) < 4.78 is 2.23. The molecule has 2 heterocycles. The zero-order chi connectivity index (χ0) is 17.9. The molecule has 1 aromatic heterocycles. The van der Waals surface area contributed by atoms with E-state index in [4.69, 9.17) is 0 Å². The minimum Gasteiger partial charge on any atom is -0.325 e. The molecule has 0 bridgehead atoms. The Morgan fingerprint density at radius 2 is 2.00 bits per heavy atom. The molecule has 2 amide bonds. The maximum absolute atomic E-state index is 12.5. The molecule has 0 atom stereocenters. The summed E-state index contributed by atoms with van der Waals surface area (Å²) >= 11 is 0. The van der Waals surface area contributed by atoms with E-state index >= 15 is 0 Å². The smallest absolute Gasteiger partial charge is 0.321 e. The summed E-state index contributed by atoms with van der Waals surface area (Å²) in [6.07, 6.45) is 7.57. The Morgan fingerprint density at radius 3 is 2.73 bits per heavy atom. The molecule has 6 heteroatoms. The third-order valence-electron chi connectivity index (χ3n) is 5.49. The molecule has 2 aliphatic rings. The first-order chi connectivity index (χ1) is 12.7. The van der Waals surface area contributed by atoms with E-state index in [0.29, 0.717) is 5.92 Å². The van der Waals surface area contributed by atoms with Gasteiger partial charge in [0.15, 0.2) is 0 Å². The Kier molecular flexibility index (Phi) is 4.91. The van der Waals surface area contributed by atoms with Gasteiger partial charge >= 0.3 is 6.03 Å². The Hall–Kier alpha value is -2.37. The number of aromatic nitrogens is 3. The minimum absolute atomic E-state index is 0.00551. The number of carbonyl (C=O) groups excluding carboxylic acids is 1. The van der Waals surface area contributed by atoms with Crippen molar-refractivity contribution in [1.29, 1.82) is 0 Å². The Bertz CT molecular complexity index is 759. The van der Waals surface area contributed by atoms with E-state index < -0.39 is 0 Å². The van der Waals surface area contributed by atoms with Crippen molar-refractivity contribution in [1.82, 2.24) is 19.7 Å². The van der Waals surface area contributed by atoms with Gasteiger partial charge in [-0.2, -0.15) is 0 Å². The van der Waals surface area contributed by atoms with Crippen LogP contribution in [0.5, 0.6) is 0 Å². The van der Waals surface area contributed by atoms with Crippen molar-refractivity contribution in [2.45, 2.75) is 45.6 Å². The Balaban J connectivity index is 1.27. The number of urea groups is 1. The molecular weight excluding hydrogens is 326 g/mol. The van der Waals surface area contributed by atoms with E-state index in [1.807, 2.05) is 42.4 Å². The third-order valence-corrected chi connectivity index (χ3v) is 5.49. The van der Waals surface area contributed by atoms with Crippen LogP contribution in [-0.2, 0) is 13.0 Å². The first-order valence-electron chi connectivity index (χ1n) is 9.66. The molecule has 4 rings (SSSR count).